The summed E-state index contributed by atoms with van der Waals surface area (Å²) in [5.41, 5.74) is 2.94. The monoisotopic (exact) mass is 314 g/mol. The van der Waals surface area contributed by atoms with E-state index in [1.54, 1.807) is 26.3 Å². The summed E-state index contributed by atoms with van der Waals surface area (Å²) in [6.45, 7) is 3.97. The highest BCUT2D eigenvalue weighted by Gasteiger charge is 2.12. The lowest BCUT2D eigenvalue weighted by atomic mass is 10.1. The van der Waals surface area contributed by atoms with Crippen LogP contribution in [0.15, 0.2) is 30.5 Å². The number of fused-ring (bicyclic) bond motifs is 3. The third-order valence-electron chi connectivity index (χ3n) is 3.76. The third kappa shape index (κ3) is 2.98. The number of H-pyrrole nitrogens is 1. The molecule has 1 N–H and O–H groups in total. The minimum atomic E-state index is -0.757. The van der Waals surface area contributed by atoms with Crippen LogP contribution in [0.5, 0.6) is 5.88 Å². The van der Waals surface area contributed by atoms with E-state index in [4.69, 9.17) is 14.2 Å². The summed E-state index contributed by atoms with van der Waals surface area (Å²) >= 11 is 0. The molecule has 0 fully saturated rings. The van der Waals surface area contributed by atoms with Gasteiger partial charge >= 0.3 is 6.16 Å². The number of pyridine rings is 1. The van der Waals surface area contributed by atoms with Gasteiger partial charge in [0.15, 0.2) is 0 Å². The Labute approximate surface area is 133 Å². The van der Waals surface area contributed by atoms with Crippen LogP contribution < -0.4 is 4.74 Å². The molecule has 0 spiro atoms. The smallest absolute Gasteiger partial charge is 0.434 e. The second kappa shape index (κ2) is 6.26. The molecule has 3 aromatic rings. The van der Waals surface area contributed by atoms with Gasteiger partial charge in [-0.05, 0) is 31.5 Å². The molecule has 120 valence electrons. The highest BCUT2D eigenvalue weighted by atomic mass is 16.7. The zero-order valence-electron chi connectivity index (χ0n) is 13.3. The SMILES string of the molecule is CCOC(=O)Oc1cc2c(cn1)[nH]c1ccc(C(C)OC)cc12. The summed E-state index contributed by atoms with van der Waals surface area (Å²) in [6.07, 6.45) is 0.887. The number of methoxy groups -OCH3 is 1. The maximum absolute atomic E-state index is 11.4. The van der Waals surface area contributed by atoms with Crippen LogP contribution in [0.4, 0.5) is 4.79 Å². The maximum atomic E-state index is 11.4. The van der Waals surface area contributed by atoms with Gasteiger partial charge in [-0.15, -0.1) is 0 Å². The number of hydrogen-bond acceptors (Lipinski definition) is 5. The largest absolute Gasteiger partial charge is 0.515 e. The number of rotatable bonds is 4. The van der Waals surface area contributed by atoms with Crippen LogP contribution in [0.3, 0.4) is 0 Å². The number of nitrogens with one attached hydrogen (secondary N) is 1. The van der Waals surface area contributed by atoms with Crippen molar-refractivity contribution in [3.8, 4) is 5.88 Å². The predicted octanol–water partition coefficient (Wildman–Crippen LogP) is 3.96. The number of nitrogens with zero attached hydrogens (tertiary/aromatic N) is 1. The first kappa shape index (κ1) is 15.3. The van der Waals surface area contributed by atoms with Gasteiger partial charge in [-0.1, -0.05) is 6.07 Å². The van der Waals surface area contributed by atoms with Crippen LogP contribution >= 0.6 is 0 Å². The predicted molar refractivity (Wildman–Crippen MR) is 86.7 cm³/mol. The second-order valence-electron chi connectivity index (χ2n) is 5.16. The molecule has 2 aromatic heterocycles. The zero-order valence-corrected chi connectivity index (χ0v) is 13.3. The Morgan fingerprint density at radius 1 is 1.26 bits per heavy atom. The van der Waals surface area contributed by atoms with Crippen molar-refractivity contribution in [3.05, 3.63) is 36.0 Å². The summed E-state index contributed by atoms with van der Waals surface area (Å²) in [5.74, 6) is 0.210. The molecule has 0 aliphatic carbocycles. The molecule has 0 amide bonds. The van der Waals surface area contributed by atoms with E-state index in [1.807, 2.05) is 19.1 Å². The third-order valence-corrected chi connectivity index (χ3v) is 3.76. The molecule has 0 aliphatic rings. The van der Waals surface area contributed by atoms with E-state index >= 15 is 0 Å². The number of ether oxygens (including phenoxy) is 3. The molecule has 6 nitrogen and oxygen atoms in total. The fourth-order valence-electron chi connectivity index (χ4n) is 2.47. The highest BCUT2D eigenvalue weighted by molar-refractivity contribution is 6.07. The van der Waals surface area contributed by atoms with Crippen LogP contribution in [0.25, 0.3) is 21.8 Å². The van der Waals surface area contributed by atoms with Crippen LogP contribution in [-0.4, -0.2) is 29.8 Å². The van der Waals surface area contributed by atoms with Crippen LogP contribution in [0, 0.1) is 0 Å². The van der Waals surface area contributed by atoms with Gasteiger partial charge in [0.05, 0.1) is 24.4 Å². The normalized spacial score (nSPS) is 12.5. The minimum Gasteiger partial charge on any atom is -0.434 e. The van der Waals surface area contributed by atoms with Gasteiger partial charge in [-0.3, -0.25) is 0 Å². The number of carbonyl (C=O) groups excluding carboxylic acids is 1. The van der Waals surface area contributed by atoms with Crippen molar-refractivity contribution in [1.29, 1.82) is 0 Å². The Bertz CT molecular complexity index is 856. The summed E-state index contributed by atoms with van der Waals surface area (Å²) in [6, 6.07) is 7.82. The van der Waals surface area contributed by atoms with E-state index in [0.29, 0.717) is 0 Å². The molecule has 1 aromatic carbocycles. The molecule has 1 unspecified atom stereocenters. The topological polar surface area (TPSA) is 73.4 Å². The van der Waals surface area contributed by atoms with Crippen LogP contribution in [0.2, 0.25) is 0 Å². The lowest BCUT2D eigenvalue weighted by Crippen LogP contribution is -2.10. The average Bonchev–Trinajstić information content (AvgIpc) is 2.91. The molecule has 1 atom stereocenters. The van der Waals surface area contributed by atoms with Crippen molar-refractivity contribution in [2.24, 2.45) is 0 Å². The molecule has 0 saturated heterocycles. The molecule has 0 saturated carbocycles. The van der Waals surface area contributed by atoms with Crippen molar-refractivity contribution < 1.29 is 19.0 Å². The number of aromatic amines is 1. The van der Waals surface area contributed by atoms with Gasteiger partial charge in [0.25, 0.3) is 0 Å². The molecule has 3 rings (SSSR count). The van der Waals surface area contributed by atoms with Gasteiger partial charge < -0.3 is 19.2 Å². The standard InChI is InChI=1S/C17H18N2O4/c1-4-22-17(20)23-16-8-13-12-7-11(10(2)21-3)5-6-14(12)19-15(13)9-18-16/h5-10,19H,4H2,1-3H3. The zero-order chi connectivity index (χ0) is 16.4. The van der Waals surface area contributed by atoms with Gasteiger partial charge in [0.1, 0.15) is 0 Å². The first-order valence-corrected chi connectivity index (χ1v) is 7.41. The number of hydrogen-bond donors (Lipinski definition) is 1. The molecule has 6 heteroatoms. The van der Waals surface area contributed by atoms with E-state index in [2.05, 4.69) is 16.0 Å². The molecule has 0 aliphatic heterocycles. The van der Waals surface area contributed by atoms with Crippen LogP contribution in [-0.2, 0) is 9.47 Å². The van der Waals surface area contributed by atoms with E-state index in [1.165, 1.54) is 0 Å². The highest BCUT2D eigenvalue weighted by Crippen LogP contribution is 2.30. The van der Waals surface area contributed by atoms with Crippen molar-refractivity contribution in [1.82, 2.24) is 9.97 Å². The molecular weight excluding hydrogens is 296 g/mol. The van der Waals surface area contributed by atoms with Gasteiger partial charge in [-0.2, -0.15) is 0 Å². The Kier molecular flexibility index (Phi) is 4.16. The lowest BCUT2D eigenvalue weighted by molar-refractivity contribution is 0.103. The summed E-state index contributed by atoms with van der Waals surface area (Å²) in [5, 5.41) is 1.96. The summed E-state index contributed by atoms with van der Waals surface area (Å²) in [7, 11) is 1.68. The first-order valence-electron chi connectivity index (χ1n) is 7.41. The summed E-state index contributed by atoms with van der Waals surface area (Å²) in [4.78, 5) is 18.8. The Hall–Kier alpha value is -2.60. The minimum absolute atomic E-state index is 0.00133. The Morgan fingerprint density at radius 3 is 2.78 bits per heavy atom. The number of benzene rings is 1. The Morgan fingerprint density at radius 2 is 2.04 bits per heavy atom. The Balaban J connectivity index is 2.05. The number of aromatic nitrogens is 2. The fraction of sp³-hybridized carbons (Fsp3) is 0.294. The maximum Gasteiger partial charge on any atom is 0.515 e. The van der Waals surface area contributed by atoms with Gasteiger partial charge in [-0.25, -0.2) is 9.78 Å². The second-order valence-corrected chi connectivity index (χ2v) is 5.16. The van der Waals surface area contributed by atoms with Crippen molar-refractivity contribution in [2.75, 3.05) is 13.7 Å². The fourth-order valence-corrected chi connectivity index (χ4v) is 2.47. The summed E-state index contributed by atoms with van der Waals surface area (Å²) < 4.78 is 15.2. The molecule has 23 heavy (non-hydrogen) atoms. The van der Waals surface area contributed by atoms with E-state index in [9.17, 15) is 4.79 Å². The van der Waals surface area contributed by atoms with E-state index < -0.39 is 6.16 Å². The average molecular weight is 314 g/mol. The quantitative estimate of drug-likeness (QED) is 0.738. The number of carbonyl (C=O) groups is 1. The van der Waals surface area contributed by atoms with Gasteiger partial charge in [0, 0.05) is 29.5 Å². The van der Waals surface area contributed by atoms with Crippen molar-refractivity contribution in [2.45, 2.75) is 20.0 Å². The van der Waals surface area contributed by atoms with Crippen molar-refractivity contribution >= 4 is 28.0 Å². The molecule has 0 bridgehead atoms. The van der Waals surface area contributed by atoms with Crippen LogP contribution in [0.1, 0.15) is 25.5 Å². The molecule has 2 heterocycles. The van der Waals surface area contributed by atoms with Gasteiger partial charge in [0.2, 0.25) is 5.88 Å². The lowest BCUT2D eigenvalue weighted by Gasteiger charge is -2.09. The molecule has 0 radical (unpaired) electrons. The van der Waals surface area contributed by atoms with E-state index in [0.717, 1.165) is 27.4 Å². The first-order chi connectivity index (χ1) is 11.1. The molecular formula is C17H18N2O4. The van der Waals surface area contributed by atoms with E-state index in [-0.39, 0.29) is 18.6 Å². The van der Waals surface area contributed by atoms with Crippen molar-refractivity contribution in [3.63, 3.8) is 0 Å².